The predicted molar refractivity (Wildman–Crippen MR) is 127 cm³/mol. The van der Waals surface area contributed by atoms with E-state index in [0.29, 0.717) is 64.9 Å². The van der Waals surface area contributed by atoms with Gasteiger partial charge in [-0.1, -0.05) is 36.4 Å². The molecule has 6 nitrogen and oxygen atoms in total. The Morgan fingerprint density at radius 1 is 1.12 bits per heavy atom. The van der Waals surface area contributed by atoms with Crippen LogP contribution in [-0.4, -0.2) is 48.9 Å². The fourth-order valence-electron chi connectivity index (χ4n) is 4.90. The Kier molecular flexibility index (Phi) is 5.98. The van der Waals surface area contributed by atoms with Crippen molar-refractivity contribution in [1.82, 2.24) is 4.90 Å². The lowest BCUT2D eigenvalue weighted by atomic mass is 9.88. The fraction of sp³-hybridized carbons (Fsp3) is 0.296. The smallest absolute Gasteiger partial charge is 0.342 e. The molecular formula is C27H26FNO5. The maximum absolute atomic E-state index is 13.8. The Labute approximate surface area is 196 Å². The van der Waals surface area contributed by atoms with Crippen molar-refractivity contribution in [2.24, 2.45) is 0 Å². The third-order valence-electron chi connectivity index (χ3n) is 6.39. The molecule has 1 N–H and O–H groups in total. The van der Waals surface area contributed by atoms with Gasteiger partial charge in [0, 0.05) is 34.8 Å². The van der Waals surface area contributed by atoms with Crippen LogP contribution in [0.25, 0.3) is 21.7 Å². The number of esters is 1. The van der Waals surface area contributed by atoms with Crippen LogP contribution in [0.1, 0.15) is 40.2 Å². The van der Waals surface area contributed by atoms with Crippen LogP contribution in [0, 0.1) is 12.7 Å². The van der Waals surface area contributed by atoms with Gasteiger partial charge in [-0.25, -0.2) is 9.18 Å². The van der Waals surface area contributed by atoms with E-state index in [9.17, 15) is 14.3 Å². The molecule has 0 bridgehead atoms. The van der Waals surface area contributed by atoms with Gasteiger partial charge >= 0.3 is 5.97 Å². The highest BCUT2D eigenvalue weighted by Crippen LogP contribution is 2.47. The quantitative estimate of drug-likeness (QED) is 0.403. The van der Waals surface area contributed by atoms with Crippen molar-refractivity contribution in [2.75, 3.05) is 32.9 Å². The normalized spacial score (nSPS) is 15.6. The molecule has 1 aliphatic heterocycles. The van der Waals surface area contributed by atoms with Gasteiger partial charge in [0.15, 0.2) is 0 Å². The highest BCUT2D eigenvalue weighted by molar-refractivity contribution is 6.16. The fourth-order valence-corrected chi connectivity index (χ4v) is 4.90. The maximum atomic E-state index is 13.8. The molecule has 0 saturated carbocycles. The average Bonchev–Trinajstić information content (AvgIpc) is 3.20. The Morgan fingerprint density at radius 3 is 2.47 bits per heavy atom. The van der Waals surface area contributed by atoms with Gasteiger partial charge in [-0.2, -0.15) is 0 Å². The number of phenolic OH excluding ortho intramolecular Hbond substituents is 1. The summed E-state index contributed by atoms with van der Waals surface area (Å²) in [5, 5.41) is 13.5. The van der Waals surface area contributed by atoms with E-state index in [1.165, 1.54) is 12.1 Å². The number of benzene rings is 3. The summed E-state index contributed by atoms with van der Waals surface area (Å²) in [7, 11) is 0. The zero-order valence-electron chi connectivity index (χ0n) is 19.1. The monoisotopic (exact) mass is 463 g/mol. The maximum Gasteiger partial charge on any atom is 0.342 e. The van der Waals surface area contributed by atoms with Crippen molar-refractivity contribution in [3.8, 4) is 5.75 Å². The molecule has 1 unspecified atom stereocenters. The average molecular weight is 464 g/mol. The van der Waals surface area contributed by atoms with E-state index in [0.717, 1.165) is 5.56 Å². The van der Waals surface area contributed by atoms with E-state index < -0.39 is 12.0 Å². The van der Waals surface area contributed by atoms with Crippen LogP contribution in [-0.2, 0) is 9.47 Å². The molecule has 1 aliphatic rings. The molecule has 1 atom stereocenters. The summed E-state index contributed by atoms with van der Waals surface area (Å²) in [6.07, 6.45) is 0. The number of carbonyl (C=O) groups excluding carboxylic acids is 1. The highest BCUT2D eigenvalue weighted by atomic mass is 19.1. The summed E-state index contributed by atoms with van der Waals surface area (Å²) in [4.78, 5) is 15.3. The zero-order chi connectivity index (χ0) is 23.8. The second-order valence-electron chi connectivity index (χ2n) is 8.37. The molecular weight excluding hydrogens is 437 g/mol. The van der Waals surface area contributed by atoms with Crippen LogP contribution in [0.2, 0.25) is 0 Å². The third kappa shape index (κ3) is 3.71. The van der Waals surface area contributed by atoms with Crippen LogP contribution in [0.5, 0.6) is 5.75 Å². The number of carbonyl (C=O) groups is 1. The molecule has 2 heterocycles. The Hall–Kier alpha value is -3.42. The number of aromatic hydroxyl groups is 1. The number of furan rings is 1. The summed E-state index contributed by atoms with van der Waals surface area (Å²) >= 11 is 0. The number of morpholine rings is 1. The third-order valence-corrected chi connectivity index (χ3v) is 6.39. The van der Waals surface area contributed by atoms with E-state index >= 15 is 0 Å². The van der Waals surface area contributed by atoms with Crippen LogP contribution >= 0.6 is 0 Å². The van der Waals surface area contributed by atoms with Crippen molar-refractivity contribution < 1.29 is 28.2 Å². The summed E-state index contributed by atoms with van der Waals surface area (Å²) in [6, 6.07) is 13.2. The molecule has 1 aromatic heterocycles. The van der Waals surface area contributed by atoms with Crippen LogP contribution in [0.3, 0.4) is 0 Å². The summed E-state index contributed by atoms with van der Waals surface area (Å²) in [5.41, 5.74) is 2.16. The summed E-state index contributed by atoms with van der Waals surface area (Å²) in [6.45, 7) is 5.98. The topological polar surface area (TPSA) is 72.1 Å². The SMILES string of the molecule is CCOC(=O)c1c(C)oc2c1c(C(c1ccc(F)cc1)N1CCOCC1)c(O)c1ccccc12. The van der Waals surface area contributed by atoms with Crippen LogP contribution < -0.4 is 0 Å². The Morgan fingerprint density at radius 2 is 1.79 bits per heavy atom. The van der Waals surface area contributed by atoms with Gasteiger partial charge in [0.2, 0.25) is 0 Å². The molecule has 0 aliphatic carbocycles. The summed E-state index contributed by atoms with van der Waals surface area (Å²) < 4.78 is 30.9. The first kappa shape index (κ1) is 22.4. The number of phenols is 1. The molecule has 0 radical (unpaired) electrons. The second-order valence-corrected chi connectivity index (χ2v) is 8.37. The Balaban J connectivity index is 1.89. The first-order valence-corrected chi connectivity index (χ1v) is 11.4. The van der Waals surface area contributed by atoms with Gasteiger partial charge in [0.1, 0.15) is 28.5 Å². The van der Waals surface area contributed by atoms with E-state index in [1.807, 2.05) is 24.3 Å². The van der Waals surface area contributed by atoms with Crippen molar-refractivity contribution in [3.05, 3.63) is 76.8 Å². The van der Waals surface area contributed by atoms with Crippen molar-refractivity contribution in [3.63, 3.8) is 0 Å². The molecule has 176 valence electrons. The van der Waals surface area contributed by atoms with E-state index in [1.54, 1.807) is 26.0 Å². The summed E-state index contributed by atoms with van der Waals surface area (Å²) in [5.74, 6) is -0.362. The molecule has 5 rings (SSSR count). The molecule has 34 heavy (non-hydrogen) atoms. The van der Waals surface area contributed by atoms with Crippen molar-refractivity contribution >= 4 is 27.7 Å². The molecule has 4 aromatic rings. The minimum atomic E-state index is -0.505. The van der Waals surface area contributed by atoms with Gasteiger partial charge in [0.05, 0.1) is 25.9 Å². The van der Waals surface area contributed by atoms with Crippen molar-refractivity contribution in [1.29, 1.82) is 0 Å². The number of ether oxygens (including phenoxy) is 2. The highest BCUT2D eigenvalue weighted by Gasteiger charge is 2.34. The lowest BCUT2D eigenvalue weighted by Gasteiger charge is -2.36. The first-order chi connectivity index (χ1) is 16.5. The van der Waals surface area contributed by atoms with Gasteiger partial charge in [-0.3, -0.25) is 4.90 Å². The molecule has 3 aromatic carbocycles. The van der Waals surface area contributed by atoms with E-state index in [4.69, 9.17) is 13.9 Å². The number of rotatable bonds is 5. The number of hydrogen-bond donors (Lipinski definition) is 1. The molecule has 1 saturated heterocycles. The Bertz CT molecular complexity index is 1360. The lowest BCUT2D eigenvalue weighted by molar-refractivity contribution is 0.0238. The van der Waals surface area contributed by atoms with Gasteiger partial charge < -0.3 is 19.0 Å². The van der Waals surface area contributed by atoms with Crippen LogP contribution in [0.15, 0.2) is 52.9 Å². The minimum Gasteiger partial charge on any atom is -0.507 e. The zero-order valence-corrected chi connectivity index (χ0v) is 19.1. The number of aryl methyl sites for hydroxylation is 1. The van der Waals surface area contributed by atoms with Gasteiger partial charge in [0.25, 0.3) is 0 Å². The largest absolute Gasteiger partial charge is 0.507 e. The molecule has 0 spiro atoms. The number of hydrogen-bond acceptors (Lipinski definition) is 6. The number of fused-ring (bicyclic) bond motifs is 3. The second kappa shape index (κ2) is 9.08. The van der Waals surface area contributed by atoms with Crippen LogP contribution in [0.4, 0.5) is 4.39 Å². The van der Waals surface area contributed by atoms with E-state index in [2.05, 4.69) is 4.90 Å². The molecule has 0 amide bonds. The number of halogens is 1. The minimum absolute atomic E-state index is 0.0651. The van der Waals surface area contributed by atoms with Crippen molar-refractivity contribution in [2.45, 2.75) is 19.9 Å². The van der Waals surface area contributed by atoms with E-state index in [-0.39, 0.29) is 18.2 Å². The lowest BCUT2D eigenvalue weighted by Crippen LogP contribution is -2.39. The van der Waals surface area contributed by atoms with Gasteiger partial charge in [-0.05, 0) is 31.5 Å². The molecule has 1 fully saturated rings. The van der Waals surface area contributed by atoms with Gasteiger partial charge in [-0.15, -0.1) is 0 Å². The standard InChI is InChI=1S/C27H26FNO5/c1-3-33-27(31)21-16(2)34-26-20-7-5-4-6-19(20)25(30)23(22(21)26)24(29-12-14-32-15-13-29)17-8-10-18(28)11-9-17/h4-11,24,30H,3,12-15H2,1-2H3. The number of nitrogens with zero attached hydrogens (tertiary/aromatic N) is 1. The molecule has 7 heteroatoms. The predicted octanol–water partition coefficient (Wildman–Crippen LogP) is 5.34. The first-order valence-electron chi connectivity index (χ1n) is 11.4.